The molecule has 0 radical (unpaired) electrons. The summed E-state index contributed by atoms with van der Waals surface area (Å²) in [5, 5.41) is 0. The van der Waals surface area contributed by atoms with E-state index in [0.717, 1.165) is 12.3 Å². The lowest BCUT2D eigenvalue weighted by Crippen LogP contribution is -1.98. The SMILES string of the molecule is C/C1=C/CCC(CCl)C=CC1. The van der Waals surface area contributed by atoms with Crippen LogP contribution in [0.4, 0.5) is 0 Å². The Bertz CT molecular complexity index is 168. The zero-order valence-electron chi connectivity index (χ0n) is 7.02. The van der Waals surface area contributed by atoms with Crippen molar-refractivity contribution in [3.8, 4) is 0 Å². The molecule has 1 aliphatic rings. The van der Waals surface area contributed by atoms with Crippen LogP contribution in [-0.4, -0.2) is 5.88 Å². The quantitative estimate of drug-likeness (QED) is 0.417. The Labute approximate surface area is 73.9 Å². The fourth-order valence-corrected chi connectivity index (χ4v) is 1.56. The van der Waals surface area contributed by atoms with Crippen molar-refractivity contribution in [1.29, 1.82) is 0 Å². The van der Waals surface area contributed by atoms with Crippen LogP contribution in [0.25, 0.3) is 0 Å². The van der Waals surface area contributed by atoms with Gasteiger partial charge in [0.2, 0.25) is 0 Å². The maximum absolute atomic E-state index is 5.77. The molecule has 0 nitrogen and oxygen atoms in total. The topological polar surface area (TPSA) is 0 Å². The molecule has 0 aromatic heterocycles. The molecule has 62 valence electrons. The highest BCUT2D eigenvalue weighted by atomic mass is 35.5. The zero-order valence-corrected chi connectivity index (χ0v) is 7.77. The Morgan fingerprint density at radius 2 is 2.45 bits per heavy atom. The molecule has 0 fully saturated rings. The molecule has 0 N–H and O–H groups in total. The van der Waals surface area contributed by atoms with Crippen molar-refractivity contribution in [2.24, 2.45) is 5.92 Å². The summed E-state index contributed by atoms with van der Waals surface area (Å²) in [4.78, 5) is 0. The minimum Gasteiger partial charge on any atom is -0.126 e. The second kappa shape index (κ2) is 4.61. The predicted molar refractivity (Wildman–Crippen MR) is 51.0 cm³/mol. The van der Waals surface area contributed by atoms with E-state index in [4.69, 9.17) is 11.6 Å². The molecule has 0 saturated heterocycles. The van der Waals surface area contributed by atoms with E-state index in [2.05, 4.69) is 25.2 Å². The molecule has 0 bridgehead atoms. The first-order valence-corrected chi connectivity index (χ1v) is 4.74. The third kappa shape index (κ3) is 3.11. The van der Waals surface area contributed by atoms with Crippen molar-refractivity contribution in [2.75, 3.05) is 5.88 Å². The van der Waals surface area contributed by atoms with E-state index >= 15 is 0 Å². The molecule has 0 spiro atoms. The normalized spacial score (nSPS) is 30.4. The molecule has 0 amide bonds. The number of hydrogen-bond donors (Lipinski definition) is 0. The molecular weight excluding hydrogens is 156 g/mol. The second-order valence-corrected chi connectivity index (χ2v) is 3.48. The summed E-state index contributed by atoms with van der Waals surface area (Å²) in [7, 11) is 0. The van der Waals surface area contributed by atoms with Gasteiger partial charge >= 0.3 is 0 Å². The second-order valence-electron chi connectivity index (χ2n) is 3.17. The first-order chi connectivity index (χ1) is 5.33. The first-order valence-electron chi connectivity index (χ1n) is 4.21. The van der Waals surface area contributed by atoms with Crippen LogP contribution < -0.4 is 0 Å². The average Bonchev–Trinajstić information content (AvgIpc) is 1.96. The van der Waals surface area contributed by atoms with Crippen molar-refractivity contribution in [3.63, 3.8) is 0 Å². The van der Waals surface area contributed by atoms with Crippen LogP contribution >= 0.6 is 11.6 Å². The molecule has 1 aliphatic carbocycles. The standard InChI is InChI=1S/C10H15Cl/c1-9-4-2-6-10(8-11)7-3-5-9/h2,5-6,10H,3-4,7-8H2,1H3/b6-2?,9-5-. The van der Waals surface area contributed by atoms with E-state index in [1.165, 1.54) is 18.4 Å². The first kappa shape index (κ1) is 8.86. The molecule has 1 heteroatoms. The number of allylic oxidation sites excluding steroid dienone is 4. The molecule has 11 heavy (non-hydrogen) atoms. The molecule has 1 unspecified atom stereocenters. The minimum atomic E-state index is 0.598. The van der Waals surface area contributed by atoms with E-state index in [1.807, 2.05) is 0 Å². The van der Waals surface area contributed by atoms with Crippen molar-refractivity contribution >= 4 is 11.6 Å². The van der Waals surface area contributed by atoms with Gasteiger partial charge in [0.05, 0.1) is 0 Å². The smallest absolute Gasteiger partial charge is 0.0286 e. The van der Waals surface area contributed by atoms with Crippen LogP contribution in [0.15, 0.2) is 23.8 Å². The fraction of sp³-hybridized carbons (Fsp3) is 0.600. The van der Waals surface area contributed by atoms with Gasteiger partial charge in [0.25, 0.3) is 0 Å². The van der Waals surface area contributed by atoms with Crippen LogP contribution in [0.5, 0.6) is 0 Å². The van der Waals surface area contributed by atoms with Gasteiger partial charge in [-0.2, -0.15) is 0 Å². The Balaban J connectivity index is 2.48. The van der Waals surface area contributed by atoms with Crippen LogP contribution in [0.3, 0.4) is 0 Å². The lowest BCUT2D eigenvalue weighted by atomic mass is 9.99. The van der Waals surface area contributed by atoms with Crippen molar-refractivity contribution in [1.82, 2.24) is 0 Å². The highest BCUT2D eigenvalue weighted by Crippen LogP contribution is 2.16. The van der Waals surface area contributed by atoms with Crippen molar-refractivity contribution in [2.45, 2.75) is 26.2 Å². The molecule has 1 atom stereocenters. The molecule has 0 aliphatic heterocycles. The monoisotopic (exact) mass is 170 g/mol. The van der Waals surface area contributed by atoms with Gasteiger partial charge in [-0.3, -0.25) is 0 Å². The summed E-state index contributed by atoms with van der Waals surface area (Å²) in [6.07, 6.45) is 10.3. The molecular formula is C10H15Cl. The summed E-state index contributed by atoms with van der Waals surface area (Å²) in [6.45, 7) is 2.19. The maximum Gasteiger partial charge on any atom is 0.0286 e. The van der Waals surface area contributed by atoms with Crippen molar-refractivity contribution in [3.05, 3.63) is 23.8 Å². The van der Waals surface area contributed by atoms with E-state index < -0.39 is 0 Å². The molecule has 0 heterocycles. The Kier molecular flexibility index (Phi) is 3.71. The van der Waals surface area contributed by atoms with Gasteiger partial charge in [-0.25, -0.2) is 0 Å². The highest BCUT2D eigenvalue weighted by molar-refractivity contribution is 6.18. The lowest BCUT2D eigenvalue weighted by Gasteiger charge is -2.09. The summed E-state index contributed by atoms with van der Waals surface area (Å²) in [5.41, 5.74) is 1.48. The molecule has 0 aromatic rings. The number of rotatable bonds is 1. The van der Waals surface area contributed by atoms with Gasteiger partial charge in [0.15, 0.2) is 0 Å². The van der Waals surface area contributed by atoms with Gasteiger partial charge in [-0.15, -0.1) is 11.6 Å². The van der Waals surface area contributed by atoms with Gasteiger partial charge in [-0.1, -0.05) is 23.8 Å². The van der Waals surface area contributed by atoms with Gasteiger partial charge in [0, 0.05) is 5.88 Å². The predicted octanol–water partition coefficient (Wildman–Crippen LogP) is 3.53. The fourth-order valence-electron chi connectivity index (χ4n) is 1.30. The van der Waals surface area contributed by atoms with Crippen molar-refractivity contribution < 1.29 is 0 Å². The van der Waals surface area contributed by atoms with Crippen LogP contribution in [0, 0.1) is 5.92 Å². The maximum atomic E-state index is 5.77. The summed E-state index contributed by atoms with van der Waals surface area (Å²) in [6, 6.07) is 0. The van der Waals surface area contributed by atoms with Gasteiger partial charge in [-0.05, 0) is 32.1 Å². The molecule has 0 saturated carbocycles. The number of alkyl halides is 1. The summed E-state index contributed by atoms with van der Waals surface area (Å²) in [5.74, 6) is 1.37. The van der Waals surface area contributed by atoms with E-state index in [9.17, 15) is 0 Å². The number of hydrogen-bond acceptors (Lipinski definition) is 0. The van der Waals surface area contributed by atoms with Gasteiger partial charge < -0.3 is 0 Å². The van der Waals surface area contributed by atoms with E-state index in [0.29, 0.717) is 5.92 Å². The third-order valence-electron chi connectivity index (χ3n) is 2.08. The largest absolute Gasteiger partial charge is 0.126 e. The highest BCUT2D eigenvalue weighted by Gasteiger charge is 2.03. The number of halogens is 1. The summed E-state index contributed by atoms with van der Waals surface area (Å²) >= 11 is 5.77. The lowest BCUT2D eigenvalue weighted by molar-refractivity contribution is 0.655. The Hall–Kier alpha value is -0.230. The van der Waals surface area contributed by atoms with Crippen LogP contribution in [0.2, 0.25) is 0 Å². The average molecular weight is 171 g/mol. The van der Waals surface area contributed by atoms with Gasteiger partial charge in [0.1, 0.15) is 0 Å². The summed E-state index contributed by atoms with van der Waals surface area (Å²) < 4.78 is 0. The van der Waals surface area contributed by atoms with Crippen LogP contribution in [-0.2, 0) is 0 Å². The minimum absolute atomic E-state index is 0.598. The molecule has 1 rings (SSSR count). The third-order valence-corrected chi connectivity index (χ3v) is 2.47. The van der Waals surface area contributed by atoms with Crippen LogP contribution in [0.1, 0.15) is 26.2 Å². The zero-order chi connectivity index (χ0) is 8.10. The Morgan fingerprint density at radius 1 is 1.64 bits per heavy atom. The molecule has 0 aromatic carbocycles. The van der Waals surface area contributed by atoms with E-state index in [1.54, 1.807) is 0 Å². The van der Waals surface area contributed by atoms with E-state index in [-0.39, 0.29) is 0 Å². The Morgan fingerprint density at radius 3 is 3.18 bits per heavy atom.